The summed E-state index contributed by atoms with van der Waals surface area (Å²) in [7, 11) is 0. The fourth-order valence-electron chi connectivity index (χ4n) is 5.19. The number of nitrogens with one attached hydrogen (secondary N) is 1. The Morgan fingerprint density at radius 2 is 1.90 bits per heavy atom. The second-order valence-electron chi connectivity index (χ2n) is 9.33. The van der Waals surface area contributed by atoms with Gasteiger partial charge in [-0.05, 0) is 36.8 Å². The molecule has 2 aromatic heterocycles. The van der Waals surface area contributed by atoms with Gasteiger partial charge >= 0.3 is 5.97 Å². The monoisotopic (exact) mass is 549 g/mol. The highest BCUT2D eigenvalue weighted by molar-refractivity contribution is 7.07. The van der Waals surface area contributed by atoms with Gasteiger partial charge in [0.2, 0.25) is 6.79 Å². The molecule has 2 aliphatic rings. The van der Waals surface area contributed by atoms with Crippen LogP contribution >= 0.6 is 11.3 Å². The number of nitrogens with zero attached hydrogens (tertiary/aromatic N) is 2. The van der Waals surface area contributed by atoms with E-state index in [0.717, 1.165) is 22.0 Å². The molecule has 0 saturated carbocycles. The van der Waals surface area contributed by atoms with Crippen molar-refractivity contribution in [1.29, 1.82) is 0 Å². The number of aromatic nitrogens is 2. The minimum absolute atomic E-state index is 0.113. The Bertz CT molecular complexity index is 2000. The third-order valence-electron chi connectivity index (χ3n) is 6.99. The maximum atomic E-state index is 14.1. The lowest BCUT2D eigenvalue weighted by molar-refractivity contribution is -0.138. The van der Waals surface area contributed by atoms with E-state index in [4.69, 9.17) is 19.2 Å². The van der Waals surface area contributed by atoms with E-state index in [-0.39, 0.29) is 24.5 Å². The number of hydrogen-bond donors (Lipinski definition) is 1. The summed E-state index contributed by atoms with van der Waals surface area (Å²) >= 11 is 1.29. The highest BCUT2D eigenvalue weighted by atomic mass is 32.1. The van der Waals surface area contributed by atoms with Crippen molar-refractivity contribution < 1.29 is 19.0 Å². The van der Waals surface area contributed by atoms with Crippen molar-refractivity contribution in [2.75, 3.05) is 13.4 Å². The average Bonchev–Trinajstić information content (AvgIpc) is 3.70. The van der Waals surface area contributed by atoms with Crippen molar-refractivity contribution in [2.24, 2.45) is 4.99 Å². The quantitative estimate of drug-likeness (QED) is 0.333. The van der Waals surface area contributed by atoms with Gasteiger partial charge < -0.3 is 19.2 Å². The van der Waals surface area contributed by atoms with Crippen LogP contribution in [0.15, 0.2) is 94.4 Å². The van der Waals surface area contributed by atoms with Gasteiger partial charge in [0.15, 0.2) is 16.3 Å². The van der Waals surface area contributed by atoms with Crippen molar-refractivity contribution >= 4 is 40.0 Å². The van der Waals surface area contributed by atoms with Crippen LogP contribution in [0.5, 0.6) is 11.5 Å². The van der Waals surface area contributed by atoms with Crippen molar-refractivity contribution in [1.82, 2.24) is 9.55 Å². The molecule has 8 nitrogen and oxygen atoms in total. The zero-order valence-corrected chi connectivity index (χ0v) is 22.2. The molecule has 2 aliphatic heterocycles. The smallest absolute Gasteiger partial charge is 0.338 e. The molecule has 5 aromatic rings. The molecule has 1 unspecified atom stereocenters. The number of hydrogen-bond acceptors (Lipinski definition) is 7. The first kappa shape index (κ1) is 24.2. The SMILES string of the molecule is CCOC(=O)C1=C(c2ccccc2)N=c2s/c(=C/c3c[nH]c4ccccc34)c(=O)n2C1c1ccc2c(c1)OCO2. The van der Waals surface area contributed by atoms with Crippen LogP contribution in [0.4, 0.5) is 0 Å². The molecule has 1 atom stereocenters. The van der Waals surface area contributed by atoms with E-state index in [2.05, 4.69) is 4.98 Å². The van der Waals surface area contributed by atoms with Crippen LogP contribution in [-0.4, -0.2) is 28.9 Å². The zero-order valence-electron chi connectivity index (χ0n) is 21.4. The van der Waals surface area contributed by atoms with Crippen molar-refractivity contribution in [3.63, 3.8) is 0 Å². The lowest BCUT2D eigenvalue weighted by Gasteiger charge is -2.26. The van der Waals surface area contributed by atoms with Gasteiger partial charge in [0.05, 0.1) is 28.5 Å². The highest BCUT2D eigenvalue weighted by Gasteiger charge is 2.36. The van der Waals surface area contributed by atoms with Crippen molar-refractivity contribution in [2.45, 2.75) is 13.0 Å². The Morgan fingerprint density at radius 3 is 2.75 bits per heavy atom. The van der Waals surface area contributed by atoms with E-state index in [1.165, 1.54) is 11.3 Å². The summed E-state index contributed by atoms with van der Waals surface area (Å²) in [5.41, 5.74) is 3.84. The number of aromatic amines is 1. The van der Waals surface area contributed by atoms with Gasteiger partial charge in [-0.3, -0.25) is 9.36 Å². The minimum atomic E-state index is -0.787. The molecule has 0 fully saturated rings. The summed E-state index contributed by atoms with van der Waals surface area (Å²) in [5, 5.41) is 1.01. The molecule has 9 heteroatoms. The summed E-state index contributed by atoms with van der Waals surface area (Å²) in [6.45, 7) is 2.05. The number of para-hydroxylation sites is 1. The van der Waals surface area contributed by atoms with Gasteiger partial charge in [-0.2, -0.15) is 0 Å². The lowest BCUT2D eigenvalue weighted by atomic mass is 9.93. The third kappa shape index (κ3) is 3.94. The minimum Gasteiger partial charge on any atom is -0.463 e. The molecule has 0 spiro atoms. The molecule has 0 saturated heterocycles. The first-order valence-electron chi connectivity index (χ1n) is 12.9. The Kier molecular flexibility index (Phi) is 5.86. The van der Waals surface area contributed by atoms with Crippen LogP contribution < -0.4 is 24.4 Å². The second kappa shape index (κ2) is 9.69. The van der Waals surface area contributed by atoms with Crippen LogP contribution in [0.2, 0.25) is 0 Å². The fraction of sp³-hybridized carbons (Fsp3) is 0.129. The predicted octanol–water partition coefficient (Wildman–Crippen LogP) is 4.15. The van der Waals surface area contributed by atoms with Crippen LogP contribution in [0, 0.1) is 0 Å². The molecule has 198 valence electrons. The van der Waals surface area contributed by atoms with Gasteiger partial charge in [-0.1, -0.05) is 65.9 Å². The molecule has 1 N–H and O–H groups in total. The van der Waals surface area contributed by atoms with Gasteiger partial charge in [0.1, 0.15) is 0 Å². The number of rotatable bonds is 5. The van der Waals surface area contributed by atoms with Crippen LogP contribution in [-0.2, 0) is 9.53 Å². The average molecular weight is 550 g/mol. The van der Waals surface area contributed by atoms with E-state index in [9.17, 15) is 9.59 Å². The molecule has 3 aromatic carbocycles. The van der Waals surface area contributed by atoms with E-state index in [1.807, 2.05) is 79.0 Å². The summed E-state index contributed by atoms with van der Waals surface area (Å²) in [6.07, 6.45) is 3.76. The summed E-state index contributed by atoms with van der Waals surface area (Å²) in [4.78, 5) is 36.4. The molecule has 0 amide bonds. The Balaban J connectivity index is 1.51. The number of H-pyrrole nitrogens is 1. The van der Waals surface area contributed by atoms with Crippen LogP contribution in [0.25, 0.3) is 22.7 Å². The van der Waals surface area contributed by atoms with Crippen LogP contribution in [0.3, 0.4) is 0 Å². The number of fused-ring (bicyclic) bond motifs is 3. The largest absolute Gasteiger partial charge is 0.463 e. The second-order valence-corrected chi connectivity index (χ2v) is 10.3. The standard InChI is InChI=1S/C31H23N3O5S/c1-2-37-30(36)26-27(18-8-4-3-5-9-18)33-31-34(28(26)19-12-13-23-24(14-19)39-17-38-23)29(35)25(40-31)15-20-16-32-22-11-7-6-10-21(20)22/h3-16,28,32H,2,17H2,1H3/b25-15+. The summed E-state index contributed by atoms with van der Waals surface area (Å²) < 4.78 is 18.8. The van der Waals surface area contributed by atoms with Crippen LogP contribution in [0.1, 0.15) is 29.7 Å². The number of benzene rings is 3. The van der Waals surface area contributed by atoms with E-state index >= 15 is 0 Å². The first-order valence-corrected chi connectivity index (χ1v) is 13.7. The molecule has 0 bridgehead atoms. The topological polar surface area (TPSA) is 94.9 Å². The first-order chi connectivity index (χ1) is 19.6. The molecular formula is C31H23N3O5S. The van der Waals surface area contributed by atoms with Crippen molar-refractivity contribution in [3.8, 4) is 11.5 Å². The number of esters is 1. The summed E-state index contributed by atoms with van der Waals surface area (Å²) in [5.74, 6) is 0.638. The van der Waals surface area contributed by atoms with E-state index < -0.39 is 12.0 Å². The molecule has 7 rings (SSSR count). The molecule has 0 aliphatic carbocycles. The predicted molar refractivity (Wildman–Crippen MR) is 152 cm³/mol. The Morgan fingerprint density at radius 1 is 1.10 bits per heavy atom. The molecule has 4 heterocycles. The molecule has 40 heavy (non-hydrogen) atoms. The number of carbonyl (C=O) groups excluding carboxylic acids is 1. The molecule has 0 radical (unpaired) electrons. The zero-order chi connectivity index (χ0) is 27.2. The number of carbonyl (C=O) groups is 1. The Hall–Kier alpha value is -4.89. The lowest BCUT2D eigenvalue weighted by Crippen LogP contribution is -2.40. The normalized spacial score (nSPS) is 16.2. The van der Waals surface area contributed by atoms with Gasteiger partial charge in [0.25, 0.3) is 5.56 Å². The van der Waals surface area contributed by atoms with Crippen molar-refractivity contribution in [3.05, 3.63) is 121 Å². The van der Waals surface area contributed by atoms with Gasteiger partial charge in [-0.15, -0.1) is 0 Å². The third-order valence-corrected chi connectivity index (χ3v) is 7.98. The maximum absolute atomic E-state index is 14.1. The van der Waals surface area contributed by atoms with Gasteiger partial charge in [0, 0.05) is 28.2 Å². The maximum Gasteiger partial charge on any atom is 0.338 e. The fourth-order valence-corrected chi connectivity index (χ4v) is 6.19. The van der Waals surface area contributed by atoms with Gasteiger partial charge in [-0.25, -0.2) is 9.79 Å². The highest BCUT2D eigenvalue weighted by Crippen LogP contribution is 2.40. The number of thiazole rings is 1. The number of ether oxygens (including phenoxy) is 3. The van der Waals surface area contributed by atoms with E-state index in [0.29, 0.717) is 32.1 Å². The summed E-state index contributed by atoms with van der Waals surface area (Å²) in [6, 6.07) is 22.1. The Labute approximate surface area is 232 Å². The molecular weight excluding hydrogens is 526 g/mol. The van der Waals surface area contributed by atoms with E-state index in [1.54, 1.807) is 17.6 Å².